The van der Waals surface area contributed by atoms with Crippen molar-refractivity contribution in [1.29, 1.82) is 0 Å². The molecular formula is C15H24ClN3. The van der Waals surface area contributed by atoms with Gasteiger partial charge in [0.25, 0.3) is 0 Å². The average Bonchev–Trinajstić information content (AvgIpc) is 2.45. The van der Waals surface area contributed by atoms with Gasteiger partial charge in [-0.2, -0.15) is 0 Å². The van der Waals surface area contributed by atoms with Crippen LogP contribution < -0.4 is 16.8 Å². The number of rotatable bonds is 5. The lowest BCUT2D eigenvalue weighted by atomic mass is 9.86. The molecule has 0 saturated heterocycles. The third-order valence-electron chi connectivity index (χ3n) is 4.03. The minimum Gasteiger partial charge on any atom is -0.330 e. The maximum Gasteiger partial charge on any atom is 0.0412 e. The molecular weight excluding hydrogens is 258 g/mol. The molecule has 0 radical (unpaired) electrons. The molecule has 0 heterocycles. The molecule has 3 nitrogen and oxygen atoms in total. The van der Waals surface area contributed by atoms with Gasteiger partial charge in [0.05, 0.1) is 0 Å². The highest BCUT2D eigenvalue weighted by Gasteiger charge is 2.19. The second-order valence-electron chi connectivity index (χ2n) is 5.51. The summed E-state index contributed by atoms with van der Waals surface area (Å²) >= 11 is 6.09. The monoisotopic (exact) mass is 281 g/mol. The smallest absolute Gasteiger partial charge is 0.0412 e. The van der Waals surface area contributed by atoms with Crippen LogP contribution in [0.2, 0.25) is 5.02 Å². The molecule has 0 bridgehead atoms. The third kappa shape index (κ3) is 4.46. The maximum atomic E-state index is 6.09. The summed E-state index contributed by atoms with van der Waals surface area (Å²) in [5.74, 6) is 0.730. The van der Waals surface area contributed by atoms with Gasteiger partial charge in [0.1, 0.15) is 0 Å². The van der Waals surface area contributed by atoms with Gasteiger partial charge in [-0.3, -0.25) is 0 Å². The topological polar surface area (TPSA) is 64.1 Å². The highest BCUT2D eigenvalue weighted by molar-refractivity contribution is 6.30. The summed E-state index contributed by atoms with van der Waals surface area (Å²) in [4.78, 5) is 0. The van der Waals surface area contributed by atoms with E-state index >= 15 is 0 Å². The van der Waals surface area contributed by atoms with E-state index in [9.17, 15) is 0 Å². The van der Waals surface area contributed by atoms with E-state index in [0.717, 1.165) is 29.6 Å². The lowest BCUT2D eigenvalue weighted by Gasteiger charge is -2.28. The molecule has 1 fully saturated rings. The summed E-state index contributed by atoms with van der Waals surface area (Å²) in [7, 11) is 0. The Morgan fingerprint density at radius 3 is 2.37 bits per heavy atom. The fraction of sp³-hybridized carbons (Fsp3) is 0.600. The predicted molar refractivity (Wildman–Crippen MR) is 81.0 cm³/mol. The lowest BCUT2D eigenvalue weighted by molar-refractivity contribution is 0.296. The van der Waals surface area contributed by atoms with Gasteiger partial charge in [-0.15, -0.1) is 0 Å². The fourth-order valence-corrected chi connectivity index (χ4v) is 3.08. The van der Waals surface area contributed by atoms with E-state index in [1.807, 2.05) is 12.1 Å². The van der Waals surface area contributed by atoms with E-state index < -0.39 is 0 Å². The van der Waals surface area contributed by atoms with E-state index in [-0.39, 0.29) is 0 Å². The minimum atomic E-state index is 0.537. The van der Waals surface area contributed by atoms with Crippen molar-refractivity contribution in [2.45, 2.75) is 44.8 Å². The minimum absolute atomic E-state index is 0.537. The molecule has 4 heteroatoms. The van der Waals surface area contributed by atoms with Gasteiger partial charge in [0.2, 0.25) is 0 Å². The van der Waals surface area contributed by atoms with Crippen LogP contribution in [0, 0.1) is 5.92 Å². The van der Waals surface area contributed by atoms with E-state index in [1.165, 1.54) is 31.2 Å². The Bertz CT molecular complexity index is 400. The number of benzene rings is 1. The Kier molecular flexibility index (Phi) is 5.64. The summed E-state index contributed by atoms with van der Waals surface area (Å²) in [5, 5.41) is 4.39. The molecule has 106 valence electrons. The average molecular weight is 282 g/mol. The molecule has 1 aromatic rings. The number of nitrogens with two attached hydrogens (primary N) is 2. The molecule has 5 N–H and O–H groups in total. The van der Waals surface area contributed by atoms with Gasteiger partial charge in [0, 0.05) is 24.2 Å². The zero-order valence-corrected chi connectivity index (χ0v) is 12.1. The summed E-state index contributed by atoms with van der Waals surface area (Å²) in [5.41, 5.74) is 13.7. The number of hydrogen-bond acceptors (Lipinski definition) is 3. The second kappa shape index (κ2) is 7.25. The first-order valence-corrected chi connectivity index (χ1v) is 7.51. The standard InChI is InChI=1S/C15H24ClN3/c16-14-6-12(9-18)5-13(7-14)10-19-15-3-1-11(8-17)2-4-15/h5-7,11,15,19H,1-4,8-10,17-18H2. The van der Waals surface area contributed by atoms with Crippen LogP contribution in [0.4, 0.5) is 0 Å². The molecule has 1 aliphatic carbocycles. The number of halogens is 1. The first-order chi connectivity index (χ1) is 9.21. The summed E-state index contributed by atoms with van der Waals surface area (Å²) in [6.45, 7) is 2.24. The van der Waals surface area contributed by atoms with E-state index in [1.54, 1.807) is 0 Å². The lowest BCUT2D eigenvalue weighted by Crippen LogP contribution is -2.34. The van der Waals surface area contributed by atoms with Crippen molar-refractivity contribution in [3.63, 3.8) is 0 Å². The van der Waals surface area contributed by atoms with Crippen LogP contribution in [0.25, 0.3) is 0 Å². The Balaban J connectivity index is 1.84. The van der Waals surface area contributed by atoms with E-state index in [2.05, 4.69) is 11.4 Å². The van der Waals surface area contributed by atoms with Gasteiger partial charge in [-0.05, 0) is 61.4 Å². The SMILES string of the molecule is NCc1cc(Cl)cc(CNC2CCC(CN)CC2)c1. The molecule has 19 heavy (non-hydrogen) atoms. The van der Waals surface area contributed by atoms with E-state index in [4.69, 9.17) is 23.1 Å². The van der Waals surface area contributed by atoms with Gasteiger partial charge in [-0.25, -0.2) is 0 Å². The Hall–Kier alpha value is -0.610. The molecule has 2 rings (SSSR count). The molecule has 1 aromatic carbocycles. The molecule has 0 unspecified atom stereocenters. The first kappa shape index (κ1) is 14.8. The Labute approximate surface area is 120 Å². The summed E-state index contributed by atoms with van der Waals surface area (Å²) in [6.07, 6.45) is 4.95. The quantitative estimate of drug-likeness (QED) is 0.777. The van der Waals surface area contributed by atoms with Crippen LogP contribution >= 0.6 is 11.6 Å². The molecule has 0 amide bonds. The van der Waals surface area contributed by atoms with Crippen LogP contribution in [-0.4, -0.2) is 12.6 Å². The Morgan fingerprint density at radius 1 is 1.05 bits per heavy atom. The Morgan fingerprint density at radius 2 is 1.74 bits per heavy atom. The van der Waals surface area contributed by atoms with Crippen molar-refractivity contribution in [3.05, 3.63) is 34.3 Å². The van der Waals surface area contributed by atoms with Crippen LogP contribution in [-0.2, 0) is 13.1 Å². The number of nitrogens with one attached hydrogen (secondary N) is 1. The summed E-state index contributed by atoms with van der Waals surface area (Å²) < 4.78 is 0. The van der Waals surface area contributed by atoms with Crippen LogP contribution in [0.1, 0.15) is 36.8 Å². The zero-order valence-electron chi connectivity index (χ0n) is 11.4. The van der Waals surface area contributed by atoms with Crippen molar-refractivity contribution in [2.75, 3.05) is 6.54 Å². The molecule has 0 aromatic heterocycles. The molecule has 1 saturated carbocycles. The van der Waals surface area contributed by atoms with Crippen molar-refractivity contribution >= 4 is 11.6 Å². The van der Waals surface area contributed by atoms with Gasteiger partial charge >= 0.3 is 0 Å². The first-order valence-electron chi connectivity index (χ1n) is 7.13. The van der Waals surface area contributed by atoms with Crippen molar-refractivity contribution in [3.8, 4) is 0 Å². The molecule has 0 spiro atoms. The van der Waals surface area contributed by atoms with Crippen LogP contribution in [0.15, 0.2) is 18.2 Å². The highest BCUT2D eigenvalue weighted by atomic mass is 35.5. The normalized spacial score (nSPS) is 23.5. The van der Waals surface area contributed by atoms with Crippen molar-refractivity contribution < 1.29 is 0 Å². The van der Waals surface area contributed by atoms with Crippen LogP contribution in [0.5, 0.6) is 0 Å². The molecule has 1 aliphatic rings. The number of hydrogen-bond donors (Lipinski definition) is 3. The van der Waals surface area contributed by atoms with Crippen LogP contribution in [0.3, 0.4) is 0 Å². The van der Waals surface area contributed by atoms with E-state index in [0.29, 0.717) is 12.6 Å². The van der Waals surface area contributed by atoms with Gasteiger partial charge in [0.15, 0.2) is 0 Å². The molecule has 0 atom stereocenters. The predicted octanol–water partition coefficient (Wildman–Crippen LogP) is 2.41. The zero-order chi connectivity index (χ0) is 13.7. The largest absolute Gasteiger partial charge is 0.330 e. The van der Waals surface area contributed by atoms with Crippen molar-refractivity contribution in [2.24, 2.45) is 17.4 Å². The molecule has 0 aliphatic heterocycles. The fourth-order valence-electron chi connectivity index (χ4n) is 2.80. The second-order valence-corrected chi connectivity index (χ2v) is 5.94. The third-order valence-corrected chi connectivity index (χ3v) is 4.25. The van der Waals surface area contributed by atoms with Crippen molar-refractivity contribution in [1.82, 2.24) is 5.32 Å². The van der Waals surface area contributed by atoms with Gasteiger partial charge < -0.3 is 16.8 Å². The maximum absolute atomic E-state index is 6.09. The highest BCUT2D eigenvalue weighted by Crippen LogP contribution is 2.23. The van der Waals surface area contributed by atoms with Gasteiger partial charge in [-0.1, -0.05) is 17.7 Å². The summed E-state index contributed by atoms with van der Waals surface area (Å²) in [6, 6.07) is 6.68.